The molecular formula is C15H13N3O2S. The number of ether oxygens (including phenoxy) is 1. The highest BCUT2D eigenvalue weighted by atomic mass is 32.1. The van der Waals surface area contributed by atoms with Crippen LogP contribution in [0.25, 0.3) is 21.3 Å². The van der Waals surface area contributed by atoms with Gasteiger partial charge in [-0.15, -0.1) is 11.3 Å². The van der Waals surface area contributed by atoms with Crippen LogP contribution in [0, 0.1) is 0 Å². The van der Waals surface area contributed by atoms with Crippen molar-refractivity contribution >= 4 is 27.3 Å². The summed E-state index contributed by atoms with van der Waals surface area (Å²) in [6.45, 7) is 0. The Kier molecular flexibility index (Phi) is 3.53. The summed E-state index contributed by atoms with van der Waals surface area (Å²) in [4.78, 5) is 21.3. The number of nitrogens with one attached hydrogen (secondary N) is 1. The van der Waals surface area contributed by atoms with E-state index in [1.54, 1.807) is 32.6 Å². The summed E-state index contributed by atoms with van der Waals surface area (Å²) >= 11 is 1.41. The van der Waals surface area contributed by atoms with Crippen LogP contribution in [-0.4, -0.2) is 30.0 Å². The van der Waals surface area contributed by atoms with Crippen LogP contribution in [0.5, 0.6) is 5.88 Å². The third kappa shape index (κ3) is 2.34. The summed E-state index contributed by atoms with van der Waals surface area (Å²) in [7, 11) is 3.19. The van der Waals surface area contributed by atoms with Crippen molar-refractivity contribution in [3.05, 3.63) is 41.5 Å². The Balaban J connectivity index is 2.30. The van der Waals surface area contributed by atoms with Crippen LogP contribution in [0.3, 0.4) is 0 Å². The normalized spacial score (nSPS) is 10.6. The van der Waals surface area contributed by atoms with Crippen molar-refractivity contribution in [1.82, 2.24) is 15.3 Å². The summed E-state index contributed by atoms with van der Waals surface area (Å²) in [5, 5.41) is 3.64. The number of aromatic nitrogens is 2. The van der Waals surface area contributed by atoms with Gasteiger partial charge < -0.3 is 10.1 Å². The minimum atomic E-state index is -0.129. The van der Waals surface area contributed by atoms with Crippen molar-refractivity contribution in [3.63, 3.8) is 0 Å². The van der Waals surface area contributed by atoms with Gasteiger partial charge in [0.2, 0.25) is 5.88 Å². The van der Waals surface area contributed by atoms with E-state index in [4.69, 9.17) is 4.74 Å². The lowest BCUT2D eigenvalue weighted by molar-refractivity contribution is 0.0967. The number of nitrogens with zero attached hydrogens (tertiary/aromatic N) is 2. The number of pyridine rings is 2. The molecule has 5 nitrogen and oxygen atoms in total. The number of amides is 1. The first-order chi connectivity index (χ1) is 10.2. The predicted molar refractivity (Wildman–Crippen MR) is 82.8 cm³/mol. The number of carbonyl (C=O) groups is 1. The van der Waals surface area contributed by atoms with Gasteiger partial charge in [-0.2, -0.15) is 0 Å². The Morgan fingerprint density at radius 3 is 2.95 bits per heavy atom. The molecule has 3 rings (SSSR count). The molecule has 0 bridgehead atoms. The van der Waals surface area contributed by atoms with Crippen LogP contribution in [-0.2, 0) is 0 Å². The molecule has 1 N–H and O–H groups in total. The van der Waals surface area contributed by atoms with Crippen molar-refractivity contribution in [2.75, 3.05) is 14.2 Å². The van der Waals surface area contributed by atoms with Crippen LogP contribution in [0.15, 0.2) is 36.7 Å². The molecule has 1 amide bonds. The molecule has 0 unspecified atom stereocenters. The van der Waals surface area contributed by atoms with E-state index in [1.165, 1.54) is 11.3 Å². The maximum atomic E-state index is 12.2. The molecule has 0 spiro atoms. The van der Waals surface area contributed by atoms with E-state index < -0.39 is 0 Å². The highest BCUT2D eigenvalue weighted by Gasteiger charge is 2.20. The molecule has 0 fully saturated rings. The molecule has 0 atom stereocenters. The number of carbonyl (C=O) groups excluding carboxylic acids is 1. The van der Waals surface area contributed by atoms with Crippen molar-refractivity contribution in [2.45, 2.75) is 0 Å². The quantitative estimate of drug-likeness (QED) is 0.807. The Morgan fingerprint density at radius 1 is 1.33 bits per heavy atom. The van der Waals surface area contributed by atoms with Crippen LogP contribution >= 0.6 is 11.3 Å². The number of rotatable bonds is 3. The first-order valence-electron chi connectivity index (χ1n) is 6.34. The van der Waals surface area contributed by atoms with E-state index in [1.807, 2.05) is 18.2 Å². The second kappa shape index (κ2) is 5.49. The van der Waals surface area contributed by atoms with Gasteiger partial charge in [-0.3, -0.25) is 9.78 Å². The fourth-order valence-corrected chi connectivity index (χ4v) is 3.27. The molecule has 0 aliphatic carbocycles. The van der Waals surface area contributed by atoms with Gasteiger partial charge in [0.1, 0.15) is 4.88 Å². The fourth-order valence-electron chi connectivity index (χ4n) is 2.15. The summed E-state index contributed by atoms with van der Waals surface area (Å²) < 4.78 is 6.13. The average Bonchev–Trinajstić information content (AvgIpc) is 2.93. The first-order valence-corrected chi connectivity index (χ1v) is 7.16. The van der Waals surface area contributed by atoms with Crippen LogP contribution in [0.2, 0.25) is 0 Å². The van der Waals surface area contributed by atoms with E-state index in [0.717, 1.165) is 15.6 Å². The number of hydrogen-bond donors (Lipinski definition) is 1. The number of methoxy groups -OCH3 is 1. The Morgan fingerprint density at radius 2 is 2.19 bits per heavy atom. The topological polar surface area (TPSA) is 64.1 Å². The Bertz CT molecular complexity index is 814. The van der Waals surface area contributed by atoms with Crippen LogP contribution in [0.1, 0.15) is 9.67 Å². The average molecular weight is 299 g/mol. The van der Waals surface area contributed by atoms with Gasteiger partial charge >= 0.3 is 0 Å². The molecule has 3 aromatic heterocycles. The molecule has 6 heteroatoms. The minimum Gasteiger partial charge on any atom is -0.481 e. The lowest BCUT2D eigenvalue weighted by atomic mass is 10.1. The zero-order chi connectivity index (χ0) is 14.8. The van der Waals surface area contributed by atoms with E-state index in [0.29, 0.717) is 16.5 Å². The lowest BCUT2D eigenvalue weighted by Gasteiger charge is -2.05. The first kappa shape index (κ1) is 13.5. The van der Waals surface area contributed by atoms with Crippen LogP contribution in [0.4, 0.5) is 0 Å². The number of hydrogen-bond acceptors (Lipinski definition) is 5. The van der Waals surface area contributed by atoms with Gasteiger partial charge in [0.05, 0.1) is 17.5 Å². The van der Waals surface area contributed by atoms with Gasteiger partial charge in [-0.25, -0.2) is 4.98 Å². The number of thiophene rings is 1. The molecule has 0 aliphatic heterocycles. The third-order valence-corrected chi connectivity index (χ3v) is 4.25. The summed E-state index contributed by atoms with van der Waals surface area (Å²) in [6.07, 6.45) is 3.47. The molecule has 3 heterocycles. The zero-order valence-electron chi connectivity index (χ0n) is 11.6. The maximum absolute atomic E-state index is 12.2. The van der Waals surface area contributed by atoms with E-state index in [-0.39, 0.29) is 5.91 Å². The van der Waals surface area contributed by atoms with E-state index in [2.05, 4.69) is 15.3 Å². The van der Waals surface area contributed by atoms with Gasteiger partial charge in [0.25, 0.3) is 5.91 Å². The summed E-state index contributed by atoms with van der Waals surface area (Å²) in [6, 6.07) is 7.41. The highest BCUT2D eigenvalue weighted by molar-refractivity contribution is 7.21. The molecular weight excluding hydrogens is 286 g/mol. The van der Waals surface area contributed by atoms with Crippen molar-refractivity contribution in [2.24, 2.45) is 0 Å². The van der Waals surface area contributed by atoms with Crippen LogP contribution < -0.4 is 10.1 Å². The predicted octanol–water partition coefficient (Wildman–Crippen LogP) is 2.73. The second-order valence-electron chi connectivity index (χ2n) is 4.32. The molecule has 106 valence electrons. The highest BCUT2D eigenvalue weighted by Crippen LogP contribution is 2.37. The Hall–Kier alpha value is -2.47. The molecule has 21 heavy (non-hydrogen) atoms. The fraction of sp³-hybridized carbons (Fsp3) is 0.133. The van der Waals surface area contributed by atoms with Gasteiger partial charge in [0, 0.05) is 36.5 Å². The summed E-state index contributed by atoms with van der Waals surface area (Å²) in [5.41, 5.74) is 1.53. The second-order valence-corrected chi connectivity index (χ2v) is 5.37. The number of fused-ring (bicyclic) bond motifs is 1. The molecule has 0 radical (unpaired) electrons. The molecule has 0 aromatic carbocycles. The van der Waals surface area contributed by atoms with Crippen molar-refractivity contribution in [3.8, 4) is 17.1 Å². The van der Waals surface area contributed by atoms with Gasteiger partial charge in [-0.05, 0) is 12.1 Å². The Labute approximate surface area is 125 Å². The minimum absolute atomic E-state index is 0.129. The van der Waals surface area contributed by atoms with E-state index in [9.17, 15) is 4.79 Å². The zero-order valence-corrected chi connectivity index (χ0v) is 12.4. The lowest BCUT2D eigenvalue weighted by Crippen LogP contribution is -2.17. The molecule has 0 saturated carbocycles. The monoisotopic (exact) mass is 299 g/mol. The maximum Gasteiger partial charge on any atom is 0.261 e. The van der Waals surface area contributed by atoms with Crippen molar-refractivity contribution in [1.29, 1.82) is 0 Å². The standard InChI is InChI=1S/C15H13N3O2S/c1-16-15(19)14-13(9-6-7-17-8-11(9)21-14)10-4-3-5-12(18-10)20-2/h3-8H,1-2H3,(H,16,19). The third-order valence-electron chi connectivity index (χ3n) is 3.12. The smallest absolute Gasteiger partial charge is 0.261 e. The van der Waals surface area contributed by atoms with Gasteiger partial charge in [-0.1, -0.05) is 6.07 Å². The molecule has 0 aliphatic rings. The summed E-state index contributed by atoms with van der Waals surface area (Å²) in [5.74, 6) is 0.389. The van der Waals surface area contributed by atoms with E-state index >= 15 is 0 Å². The SMILES string of the molecule is CNC(=O)c1sc2cnccc2c1-c1cccc(OC)n1. The molecule has 0 saturated heterocycles. The van der Waals surface area contributed by atoms with Crippen molar-refractivity contribution < 1.29 is 9.53 Å². The van der Waals surface area contributed by atoms with Gasteiger partial charge in [0.15, 0.2) is 0 Å². The molecule has 3 aromatic rings. The largest absolute Gasteiger partial charge is 0.481 e.